The van der Waals surface area contributed by atoms with Crippen LogP contribution in [0.25, 0.3) is 0 Å². The van der Waals surface area contributed by atoms with E-state index in [0.717, 1.165) is 12.3 Å². The monoisotopic (exact) mass is 181 g/mol. The first kappa shape index (κ1) is 11.8. The van der Waals surface area contributed by atoms with Gasteiger partial charge in [-0.25, -0.2) is 4.99 Å². The molecule has 0 aliphatic heterocycles. The maximum absolute atomic E-state index is 5.27. The number of hydrogen-bond donors (Lipinski definition) is 1. The Morgan fingerprint density at radius 1 is 1.69 bits per heavy atom. The molecule has 0 radical (unpaired) electrons. The fraction of sp³-hybridized carbons (Fsp3) is 0.500. The predicted octanol–water partition coefficient (Wildman–Crippen LogP) is 1.73. The Morgan fingerprint density at radius 2 is 2.31 bits per heavy atom. The van der Waals surface area contributed by atoms with Crippen molar-refractivity contribution in [1.82, 2.24) is 4.90 Å². The minimum Gasteiger partial charge on any atom is -0.405 e. The highest BCUT2D eigenvalue weighted by Crippen LogP contribution is 2.02. The SMILES string of the molecule is C=C/N=C(/C)N(C)C(C)C/C=C\N. The fourth-order valence-electron chi connectivity index (χ4n) is 0.976. The van der Waals surface area contributed by atoms with Crippen LogP contribution in [0, 0.1) is 0 Å². The second-order valence-electron chi connectivity index (χ2n) is 2.98. The van der Waals surface area contributed by atoms with Crippen molar-refractivity contribution in [3.8, 4) is 0 Å². The van der Waals surface area contributed by atoms with E-state index in [0.29, 0.717) is 6.04 Å². The minimum atomic E-state index is 0.406. The molecule has 1 atom stereocenters. The molecular formula is C10H19N3. The molecule has 3 nitrogen and oxygen atoms in total. The third-order valence-electron chi connectivity index (χ3n) is 2.06. The zero-order valence-electron chi connectivity index (χ0n) is 8.70. The average molecular weight is 181 g/mol. The van der Waals surface area contributed by atoms with Crippen molar-refractivity contribution >= 4 is 5.84 Å². The van der Waals surface area contributed by atoms with E-state index >= 15 is 0 Å². The molecule has 3 heteroatoms. The number of hydrogen-bond acceptors (Lipinski definition) is 2. The van der Waals surface area contributed by atoms with Gasteiger partial charge in [0, 0.05) is 19.3 Å². The molecule has 2 N–H and O–H groups in total. The molecule has 0 aromatic heterocycles. The number of aliphatic imine (C=N–C) groups is 1. The molecule has 13 heavy (non-hydrogen) atoms. The molecule has 0 spiro atoms. The van der Waals surface area contributed by atoms with Gasteiger partial charge in [-0.2, -0.15) is 0 Å². The molecule has 0 fully saturated rings. The Morgan fingerprint density at radius 3 is 2.77 bits per heavy atom. The highest BCUT2D eigenvalue weighted by Gasteiger charge is 2.07. The van der Waals surface area contributed by atoms with Crippen molar-refractivity contribution in [2.45, 2.75) is 26.3 Å². The molecular weight excluding hydrogens is 162 g/mol. The molecule has 0 rings (SSSR count). The summed E-state index contributed by atoms with van der Waals surface area (Å²) in [6.07, 6.45) is 6.00. The van der Waals surface area contributed by atoms with Gasteiger partial charge in [0.1, 0.15) is 5.84 Å². The molecule has 0 aliphatic carbocycles. The molecule has 74 valence electrons. The second kappa shape index (κ2) is 6.29. The van der Waals surface area contributed by atoms with Crippen molar-refractivity contribution in [2.75, 3.05) is 7.05 Å². The van der Waals surface area contributed by atoms with E-state index in [9.17, 15) is 0 Å². The third-order valence-corrected chi connectivity index (χ3v) is 2.06. The lowest BCUT2D eigenvalue weighted by Crippen LogP contribution is -2.32. The Labute approximate surface area is 80.6 Å². The van der Waals surface area contributed by atoms with Crippen molar-refractivity contribution < 1.29 is 0 Å². The van der Waals surface area contributed by atoms with E-state index in [1.54, 1.807) is 12.4 Å². The number of amidine groups is 1. The lowest BCUT2D eigenvalue weighted by molar-refractivity contribution is 0.391. The Balaban J connectivity index is 4.15. The van der Waals surface area contributed by atoms with E-state index in [4.69, 9.17) is 5.73 Å². The minimum absolute atomic E-state index is 0.406. The number of rotatable bonds is 4. The normalized spacial score (nSPS) is 14.5. The molecule has 0 aromatic carbocycles. The van der Waals surface area contributed by atoms with Crippen LogP contribution in [0.15, 0.2) is 30.0 Å². The van der Waals surface area contributed by atoms with Gasteiger partial charge >= 0.3 is 0 Å². The zero-order chi connectivity index (χ0) is 10.3. The fourth-order valence-corrected chi connectivity index (χ4v) is 0.976. The lowest BCUT2D eigenvalue weighted by atomic mass is 10.2. The molecule has 0 heterocycles. The maximum atomic E-state index is 5.27. The lowest BCUT2D eigenvalue weighted by Gasteiger charge is -2.25. The van der Waals surface area contributed by atoms with Gasteiger partial charge in [0.15, 0.2) is 0 Å². The van der Waals surface area contributed by atoms with Crippen molar-refractivity contribution in [3.63, 3.8) is 0 Å². The van der Waals surface area contributed by atoms with Crippen molar-refractivity contribution in [2.24, 2.45) is 10.7 Å². The van der Waals surface area contributed by atoms with E-state index < -0.39 is 0 Å². The second-order valence-corrected chi connectivity index (χ2v) is 2.98. The largest absolute Gasteiger partial charge is 0.405 e. The quantitative estimate of drug-likeness (QED) is 0.530. The summed E-state index contributed by atoms with van der Waals surface area (Å²) in [7, 11) is 2.01. The van der Waals surface area contributed by atoms with E-state index in [2.05, 4.69) is 23.4 Å². The summed E-state index contributed by atoms with van der Waals surface area (Å²) in [4.78, 5) is 6.20. The Bertz CT molecular complexity index is 206. The first-order valence-corrected chi connectivity index (χ1v) is 4.38. The molecule has 0 aliphatic rings. The molecule has 0 aromatic rings. The van der Waals surface area contributed by atoms with Gasteiger partial charge in [-0.3, -0.25) is 0 Å². The smallest absolute Gasteiger partial charge is 0.101 e. The highest BCUT2D eigenvalue weighted by atomic mass is 15.2. The first-order valence-electron chi connectivity index (χ1n) is 4.38. The maximum Gasteiger partial charge on any atom is 0.101 e. The Hall–Kier alpha value is -1.25. The topological polar surface area (TPSA) is 41.6 Å². The standard InChI is InChI=1S/C10H19N3/c1-5-12-10(3)13(4)9(2)7-6-8-11/h5-6,8-9H,1,7,11H2,2-4H3/b8-6-,12-10-. The first-order chi connectivity index (χ1) is 6.13. The van der Waals surface area contributed by atoms with Gasteiger partial charge < -0.3 is 10.6 Å². The van der Waals surface area contributed by atoms with Crippen LogP contribution in [0.4, 0.5) is 0 Å². The van der Waals surface area contributed by atoms with Crippen LogP contribution in [0.2, 0.25) is 0 Å². The summed E-state index contributed by atoms with van der Waals surface area (Å²) in [5.74, 6) is 0.966. The predicted molar refractivity (Wildman–Crippen MR) is 58.5 cm³/mol. The highest BCUT2D eigenvalue weighted by molar-refractivity contribution is 5.80. The van der Waals surface area contributed by atoms with Crippen LogP contribution in [-0.4, -0.2) is 23.8 Å². The Kier molecular flexibility index (Phi) is 5.68. The summed E-state index contributed by atoms with van der Waals surface area (Å²) in [6.45, 7) is 7.65. The molecule has 1 unspecified atom stereocenters. The zero-order valence-corrected chi connectivity index (χ0v) is 8.70. The van der Waals surface area contributed by atoms with E-state index in [1.165, 1.54) is 0 Å². The van der Waals surface area contributed by atoms with Crippen LogP contribution in [0.1, 0.15) is 20.3 Å². The van der Waals surface area contributed by atoms with Crippen LogP contribution in [0.3, 0.4) is 0 Å². The van der Waals surface area contributed by atoms with Gasteiger partial charge in [0.05, 0.1) is 0 Å². The van der Waals surface area contributed by atoms with Crippen LogP contribution in [0.5, 0.6) is 0 Å². The van der Waals surface area contributed by atoms with Gasteiger partial charge in [-0.05, 0) is 26.5 Å². The van der Waals surface area contributed by atoms with Gasteiger partial charge in [0.2, 0.25) is 0 Å². The number of nitrogens with zero attached hydrogens (tertiary/aromatic N) is 2. The van der Waals surface area contributed by atoms with Gasteiger partial charge in [0.25, 0.3) is 0 Å². The van der Waals surface area contributed by atoms with Crippen LogP contribution >= 0.6 is 0 Å². The van der Waals surface area contributed by atoms with Gasteiger partial charge in [-0.1, -0.05) is 12.7 Å². The summed E-state index contributed by atoms with van der Waals surface area (Å²) in [5, 5.41) is 0. The molecule has 0 amide bonds. The number of nitrogens with two attached hydrogens (primary N) is 1. The summed E-state index contributed by atoms with van der Waals surface area (Å²) in [5.41, 5.74) is 5.27. The summed E-state index contributed by atoms with van der Waals surface area (Å²) in [6, 6.07) is 0.406. The molecule has 0 bridgehead atoms. The van der Waals surface area contributed by atoms with Crippen molar-refractivity contribution in [3.05, 3.63) is 25.1 Å². The van der Waals surface area contributed by atoms with Crippen LogP contribution < -0.4 is 5.73 Å². The summed E-state index contributed by atoms with van der Waals surface area (Å²) < 4.78 is 0. The average Bonchev–Trinajstić information content (AvgIpc) is 2.13. The molecule has 0 saturated heterocycles. The van der Waals surface area contributed by atoms with Crippen LogP contribution in [-0.2, 0) is 0 Å². The van der Waals surface area contributed by atoms with Gasteiger partial charge in [-0.15, -0.1) is 0 Å². The third kappa shape index (κ3) is 4.35. The summed E-state index contributed by atoms with van der Waals surface area (Å²) >= 11 is 0. The van der Waals surface area contributed by atoms with Crippen molar-refractivity contribution in [1.29, 1.82) is 0 Å². The van der Waals surface area contributed by atoms with E-state index in [1.807, 2.05) is 20.0 Å². The van der Waals surface area contributed by atoms with E-state index in [-0.39, 0.29) is 0 Å². The molecule has 0 saturated carbocycles.